The predicted molar refractivity (Wildman–Crippen MR) is 66.4 cm³/mol. The molecule has 0 amide bonds. The van der Waals surface area contributed by atoms with Crippen LogP contribution in [0.25, 0.3) is 0 Å². The van der Waals surface area contributed by atoms with E-state index in [1.165, 1.54) is 6.07 Å². The van der Waals surface area contributed by atoms with Gasteiger partial charge in [0, 0.05) is 30.9 Å². The first-order chi connectivity index (χ1) is 8.02. The molecule has 0 saturated carbocycles. The van der Waals surface area contributed by atoms with E-state index in [-0.39, 0.29) is 12.4 Å². The van der Waals surface area contributed by atoms with Crippen molar-refractivity contribution >= 4 is 5.69 Å². The first kappa shape index (κ1) is 12.3. The van der Waals surface area contributed by atoms with Crippen molar-refractivity contribution < 1.29 is 9.50 Å². The molecule has 94 valence electrons. The van der Waals surface area contributed by atoms with Gasteiger partial charge in [0.05, 0.1) is 5.60 Å². The largest absolute Gasteiger partial charge is 0.390 e. The van der Waals surface area contributed by atoms with Gasteiger partial charge in [-0.3, -0.25) is 0 Å². The third kappa shape index (κ3) is 2.76. The topological polar surface area (TPSA) is 49.5 Å². The fourth-order valence-electron chi connectivity index (χ4n) is 2.15. The molecule has 1 aliphatic heterocycles. The quantitative estimate of drug-likeness (QED) is 0.823. The normalized spacial score (nSPS) is 19.4. The van der Waals surface area contributed by atoms with Crippen LogP contribution >= 0.6 is 0 Å². The standard InChI is InChI=1S/C13H19FN2O/c1-13(17)4-6-16(7-5-13)11-3-2-10(9-15)12(14)8-11/h2-3,8,17H,4-7,9,15H2,1H3. The second-order valence-corrected chi connectivity index (χ2v) is 4.96. The Morgan fingerprint density at radius 1 is 1.41 bits per heavy atom. The third-order valence-corrected chi connectivity index (χ3v) is 3.46. The Labute approximate surface area is 101 Å². The van der Waals surface area contributed by atoms with Crippen LogP contribution in [-0.4, -0.2) is 23.8 Å². The molecule has 0 bridgehead atoms. The molecule has 0 unspecified atom stereocenters. The summed E-state index contributed by atoms with van der Waals surface area (Å²) in [5.41, 5.74) is 6.26. The summed E-state index contributed by atoms with van der Waals surface area (Å²) in [6.45, 7) is 3.59. The fraction of sp³-hybridized carbons (Fsp3) is 0.538. The van der Waals surface area contributed by atoms with Crippen LogP contribution in [0.5, 0.6) is 0 Å². The lowest BCUT2D eigenvalue weighted by Crippen LogP contribution is -2.42. The molecule has 0 radical (unpaired) electrons. The summed E-state index contributed by atoms with van der Waals surface area (Å²) in [6, 6.07) is 5.16. The summed E-state index contributed by atoms with van der Waals surface area (Å²) in [5, 5.41) is 9.86. The van der Waals surface area contributed by atoms with E-state index in [1.54, 1.807) is 6.07 Å². The molecule has 0 aromatic heterocycles. The highest BCUT2D eigenvalue weighted by Crippen LogP contribution is 2.26. The number of hydrogen-bond donors (Lipinski definition) is 2. The number of aliphatic hydroxyl groups is 1. The minimum absolute atomic E-state index is 0.223. The highest BCUT2D eigenvalue weighted by Gasteiger charge is 2.27. The molecule has 1 saturated heterocycles. The van der Waals surface area contributed by atoms with Gasteiger partial charge in [0.2, 0.25) is 0 Å². The van der Waals surface area contributed by atoms with Crippen molar-refractivity contribution in [3.8, 4) is 0 Å². The highest BCUT2D eigenvalue weighted by atomic mass is 19.1. The van der Waals surface area contributed by atoms with E-state index in [1.807, 2.05) is 13.0 Å². The number of rotatable bonds is 2. The van der Waals surface area contributed by atoms with Gasteiger partial charge in [-0.25, -0.2) is 4.39 Å². The highest BCUT2D eigenvalue weighted by molar-refractivity contribution is 5.48. The molecule has 1 heterocycles. The third-order valence-electron chi connectivity index (χ3n) is 3.46. The Hall–Kier alpha value is -1.13. The second kappa shape index (κ2) is 4.63. The van der Waals surface area contributed by atoms with Crippen LogP contribution in [0.15, 0.2) is 18.2 Å². The van der Waals surface area contributed by atoms with Crippen molar-refractivity contribution in [2.45, 2.75) is 31.9 Å². The maximum atomic E-state index is 13.6. The maximum absolute atomic E-state index is 13.6. The van der Waals surface area contributed by atoms with Crippen LogP contribution in [-0.2, 0) is 6.54 Å². The Morgan fingerprint density at radius 2 is 2.06 bits per heavy atom. The van der Waals surface area contributed by atoms with Crippen molar-refractivity contribution in [2.75, 3.05) is 18.0 Å². The van der Waals surface area contributed by atoms with Gasteiger partial charge in [0.25, 0.3) is 0 Å². The Bertz CT molecular complexity index is 396. The molecule has 0 aliphatic carbocycles. The van der Waals surface area contributed by atoms with Crippen LogP contribution in [0.3, 0.4) is 0 Å². The number of hydrogen-bond acceptors (Lipinski definition) is 3. The summed E-state index contributed by atoms with van der Waals surface area (Å²) in [5.74, 6) is -0.248. The van der Waals surface area contributed by atoms with Gasteiger partial charge in [0.1, 0.15) is 5.82 Å². The van der Waals surface area contributed by atoms with Crippen molar-refractivity contribution in [3.05, 3.63) is 29.6 Å². The van der Waals surface area contributed by atoms with Gasteiger partial charge in [-0.05, 0) is 31.9 Å². The van der Waals surface area contributed by atoms with Gasteiger partial charge in [0.15, 0.2) is 0 Å². The summed E-state index contributed by atoms with van der Waals surface area (Å²) in [4.78, 5) is 2.10. The van der Waals surface area contributed by atoms with Gasteiger partial charge < -0.3 is 15.7 Å². The Kier molecular flexibility index (Phi) is 3.35. The van der Waals surface area contributed by atoms with E-state index in [2.05, 4.69) is 4.90 Å². The van der Waals surface area contributed by atoms with Crippen LogP contribution in [0.1, 0.15) is 25.3 Å². The lowest BCUT2D eigenvalue weighted by Gasteiger charge is -2.37. The van der Waals surface area contributed by atoms with E-state index < -0.39 is 5.60 Å². The molecule has 1 fully saturated rings. The van der Waals surface area contributed by atoms with Gasteiger partial charge in [-0.15, -0.1) is 0 Å². The van der Waals surface area contributed by atoms with Crippen molar-refractivity contribution in [3.63, 3.8) is 0 Å². The van der Waals surface area contributed by atoms with Gasteiger partial charge in [-0.1, -0.05) is 6.07 Å². The monoisotopic (exact) mass is 238 g/mol. The molecule has 3 nitrogen and oxygen atoms in total. The molecule has 4 heteroatoms. The molecular weight excluding hydrogens is 219 g/mol. The molecule has 0 spiro atoms. The number of nitrogens with two attached hydrogens (primary N) is 1. The van der Waals surface area contributed by atoms with E-state index in [0.717, 1.165) is 18.8 Å². The molecule has 2 rings (SSSR count). The van der Waals surface area contributed by atoms with Crippen LogP contribution in [0, 0.1) is 5.82 Å². The number of piperidine rings is 1. The minimum atomic E-state index is -0.577. The first-order valence-corrected chi connectivity index (χ1v) is 5.98. The molecule has 1 aliphatic rings. The summed E-state index contributed by atoms with van der Waals surface area (Å²) in [6.07, 6.45) is 1.43. The molecular formula is C13H19FN2O. The van der Waals surface area contributed by atoms with E-state index >= 15 is 0 Å². The summed E-state index contributed by atoms with van der Waals surface area (Å²) in [7, 11) is 0. The molecule has 1 aromatic rings. The zero-order chi connectivity index (χ0) is 12.5. The lowest BCUT2D eigenvalue weighted by molar-refractivity contribution is 0.0351. The molecule has 1 aromatic carbocycles. The van der Waals surface area contributed by atoms with E-state index in [9.17, 15) is 9.50 Å². The van der Waals surface area contributed by atoms with Crippen LogP contribution in [0.4, 0.5) is 10.1 Å². The van der Waals surface area contributed by atoms with Gasteiger partial charge in [-0.2, -0.15) is 0 Å². The number of nitrogens with zero attached hydrogens (tertiary/aromatic N) is 1. The van der Waals surface area contributed by atoms with Gasteiger partial charge >= 0.3 is 0 Å². The number of halogens is 1. The average molecular weight is 238 g/mol. The summed E-state index contributed by atoms with van der Waals surface area (Å²) >= 11 is 0. The minimum Gasteiger partial charge on any atom is -0.390 e. The van der Waals surface area contributed by atoms with Crippen molar-refractivity contribution in [1.82, 2.24) is 0 Å². The molecule has 0 atom stereocenters. The van der Waals surface area contributed by atoms with Crippen molar-refractivity contribution in [1.29, 1.82) is 0 Å². The number of benzene rings is 1. The molecule has 3 N–H and O–H groups in total. The first-order valence-electron chi connectivity index (χ1n) is 5.98. The SMILES string of the molecule is CC1(O)CCN(c2ccc(CN)c(F)c2)CC1. The Balaban J connectivity index is 2.11. The van der Waals surface area contributed by atoms with Crippen LogP contribution in [0.2, 0.25) is 0 Å². The Morgan fingerprint density at radius 3 is 2.59 bits per heavy atom. The van der Waals surface area contributed by atoms with E-state index in [4.69, 9.17) is 5.73 Å². The average Bonchev–Trinajstić information content (AvgIpc) is 2.29. The zero-order valence-corrected chi connectivity index (χ0v) is 10.1. The fourth-order valence-corrected chi connectivity index (χ4v) is 2.15. The van der Waals surface area contributed by atoms with Crippen molar-refractivity contribution in [2.24, 2.45) is 5.73 Å². The smallest absolute Gasteiger partial charge is 0.129 e. The van der Waals surface area contributed by atoms with E-state index in [0.29, 0.717) is 18.4 Å². The summed E-state index contributed by atoms with van der Waals surface area (Å²) < 4.78 is 13.6. The zero-order valence-electron chi connectivity index (χ0n) is 10.1. The second-order valence-electron chi connectivity index (χ2n) is 4.96. The predicted octanol–water partition coefficient (Wildman–Crippen LogP) is 1.64. The number of anilines is 1. The molecule has 17 heavy (non-hydrogen) atoms. The van der Waals surface area contributed by atoms with Crippen LogP contribution < -0.4 is 10.6 Å². The maximum Gasteiger partial charge on any atom is 0.129 e. The lowest BCUT2D eigenvalue weighted by atomic mass is 9.93.